The molecule has 0 aromatic rings. The van der Waals surface area contributed by atoms with Crippen LogP contribution >= 0.6 is 0 Å². The van der Waals surface area contributed by atoms with E-state index in [1.807, 2.05) is 0 Å². The molecule has 1 aliphatic heterocycles. The van der Waals surface area contributed by atoms with Crippen LogP contribution in [0.2, 0.25) is 0 Å². The van der Waals surface area contributed by atoms with Crippen LogP contribution in [-0.4, -0.2) is 37.1 Å². The minimum atomic E-state index is 0.737. The van der Waals surface area contributed by atoms with Crippen molar-refractivity contribution >= 4 is 0 Å². The molecule has 1 saturated carbocycles. The van der Waals surface area contributed by atoms with Gasteiger partial charge < -0.3 is 5.32 Å². The highest BCUT2D eigenvalue weighted by molar-refractivity contribution is 4.91. The molecule has 1 aliphatic carbocycles. The smallest absolute Gasteiger partial charge is 0.0251 e. The fourth-order valence-corrected chi connectivity index (χ4v) is 4.86. The Balaban J connectivity index is 1.92. The zero-order chi connectivity index (χ0) is 15.1. The largest absolute Gasteiger partial charge is 0.315 e. The molecule has 2 fully saturated rings. The first kappa shape index (κ1) is 17.3. The predicted octanol–water partition coefficient (Wildman–Crippen LogP) is 4.45. The molecule has 0 radical (unpaired) electrons. The third kappa shape index (κ3) is 4.96. The maximum atomic E-state index is 3.63. The quantitative estimate of drug-likeness (QED) is 0.779. The van der Waals surface area contributed by atoms with Gasteiger partial charge in [-0.1, -0.05) is 39.5 Å². The first-order valence-corrected chi connectivity index (χ1v) is 9.69. The molecular formula is C19H38N2. The van der Waals surface area contributed by atoms with Crippen LogP contribution in [0, 0.1) is 11.8 Å². The Hall–Kier alpha value is -0.0800. The van der Waals surface area contributed by atoms with E-state index in [4.69, 9.17) is 0 Å². The lowest BCUT2D eigenvalue weighted by molar-refractivity contribution is 0.0986. The summed E-state index contributed by atoms with van der Waals surface area (Å²) in [4.78, 5) is 2.86. The molecule has 2 nitrogen and oxygen atoms in total. The van der Waals surface area contributed by atoms with Crippen molar-refractivity contribution in [3.63, 3.8) is 0 Å². The standard InChI is InChI=1S/C19H38N2/c1-4-7-16-9-6-13-21(14-12-16)19-15-17(8-5-2)10-11-18(19)20-3/h16-20H,4-15H2,1-3H3. The second-order valence-corrected chi connectivity index (χ2v) is 7.55. The highest BCUT2D eigenvalue weighted by atomic mass is 15.2. The zero-order valence-corrected chi connectivity index (χ0v) is 14.7. The number of likely N-dealkylation sites (tertiary alicyclic amines) is 1. The van der Waals surface area contributed by atoms with E-state index in [-0.39, 0.29) is 0 Å². The van der Waals surface area contributed by atoms with Gasteiger partial charge >= 0.3 is 0 Å². The highest BCUT2D eigenvalue weighted by Crippen LogP contribution is 2.33. The molecule has 1 saturated heterocycles. The monoisotopic (exact) mass is 294 g/mol. The number of rotatable bonds is 6. The van der Waals surface area contributed by atoms with Crippen LogP contribution in [0.3, 0.4) is 0 Å². The van der Waals surface area contributed by atoms with Crippen molar-refractivity contribution in [1.82, 2.24) is 10.2 Å². The van der Waals surface area contributed by atoms with E-state index in [0.29, 0.717) is 0 Å². The Morgan fingerprint density at radius 2 is 1.67 bits per heavy atom. The number of hydrogen-bond donors (Lipinski definition) is 1. The minimum Gasteiger partial charge on any atom is -0.315 e. The second-order valence-electron chi connectivity index (χ2n) is 7.55. The molecule has 2 heteroatoms. The van der Waals surface area contributed by atoms with Crippen molar-refractivity contribution in [2.24, 2.45) is 11.8 Å². The molecule has 0 spiro atoms. The fourth-order valence-electron chi connectivity index (χ4n) is 4.86. The van der Waals surface area contributed by atoms with Crippen molar-refractivity contribution in [2.45, 2.75) is 90.1 Å². The first-order chi connectivity index (χ1) is 10.3. The van der Waals surface area contributed by atoms with Gasteiger partial charge in [-0.05, 0) is 70.5 Å². The van der Waals surface area contributed by atoms with Gasteiger partial charge in [-0.3, -0.25) is 4.90 Å². The molecule has 4 atom stereocenters. The summed E-state index contributed by atoms with van der Waals surface area (Å²) in [5.74, 6) is 1.99. The molecule has 21 heavy (non-hydrogen) atoms. The van der Waals surface area contributed by atoms with Gasteiger partial charge in [-0.15, -0.1) is 0 Å². The van der Waals surface area contributed by atoms with Crippen molar-refractivity contribution in [3.8, 4) is 0 Å². The molecular weight excluding hydrogens is 256 g/mol. The van der Waals surface area contributed by atoms with E-state index in [0.717, 1.165) is 23.9 Å². The average molecular weight is 295 g/mol. The van der Waals surface area contributed by atoms with Gasteiger partial charge in [0.05, 0.1) is 0 Å². The van der Waals surface area contributed by atoms with Crippen LogP contribution < -0.4 is 5.32 Å². The van der Waals surface area contributed by atoms with Crippen LogP contribution in [0.25, 0.3) is 0 Å². The highest BCUT2D eigenvalue weighted by Gasteiger charge is 2.34. The van der Waals surface area contributed by atoms with Gasteiger partial charge in [0, 0.05) is 12.1 Å². The number of hydrogen-bond acceptors (Lipinski definition) is 2. The van der Waals surface area contributed by atoms with Crippen LogP contribution in [0.4, 0.5) is 0 Å². The summed E-state index contributed by atoms with van der Waals surface area (Å²) in [6.45, 7) is 7.39. The SMILES string of the molecule is CCCC1CCCN(C2CC(CCC)CCC2NC)CC1. The Bertz CT molecular complexity index is 279. The molecule has 0 aromatic heterocycles. The van der Waals surface area contributed by atoms with Gasteiger partial charge in [0.25, 0.3) is 0 Å². The van der Waals surface area contributed by atoms with E-state index in [1.54, 1.807) is 0 Å². The lowest BCUT2D eigenvalue weighted by atomic mass is 9.79. The molecule has 2 aliphatic rings. The third-order valence-corrected chi connectivity index (χ3v) is 6.04. The van der Waals surface area contributed by atoms with E-state index in [1.165, 1.54) is 77.3 Å². The van der Waals surface area contributed by atoms with Gasteiger partial charge in [0.15, 0.2) is 0 Å². The Morgan fingerprint density at radius 3 is 2.38 bits per heavy atom. The molecule has 1 heterocycles. The average Bonchev–Trinajstić information content (AvgIpc) is 2.73. The van der Waals surface area contributed by atoms with E-state index < -0.39 is 0 Å². The van der Waals surface area contributed by atoms with Crippen molar-refractivity contribution < 1.29 is 0 Å². The van der Waals surface area contributed by atoms with Gasteiger partial charge in [0.2, 0.25) is 0 Å². The van der Waals surface area contributed by atoms with E-state index in [2.05, 4.69) is 31.1 Å². The van der Waals surface area contributed by atoms with Crippen molar-refractivity contribution in [2.75, 3.05) is 20.1 Å². The Labute approximate surface area is 133 Å². The van der Waals surface area contributed by atoms with Crippen LogP contribution in [0.5, 0.6) is 0 Å². The molecule has 0 bridgehead atoms. The summed E-state index contributed by atoms with van der Waals surface area (Å²) in [5.41, 5.74) is 0. The third-order valence-electron chi connectivity index (χ3n) is 6.04. The lowest BCUT2D eigenvalue weighted by Crippen LogP contribution is -2.52. The van der Waals surface area contributed by atoms with Crippen molar-refractivity contribution in [1.29, 1.82) is 0 Å². The summed E-state index contributed by atoms with van der Waals surface area (Å²) in [6, 6.07) is 1.54. The maximum absolute atomic E-state index is 3.63. The molecule has 1 N–H and O–H groups in total. The molecule has 4 unspecified atom stereocenters. The normalized spacial score (nSPS) is 35.6. The summed E-state index contributed by atoms with van der Waals surface area (Å²) >= 11 is 0. The molecule has 2 rings (SSSR count). The van der Waals surface area contributed by atoms with Gasteiger partial charge in [-0.25, -0.2) is 0 Å². The van der Waals surface area contributed by atoms with Gasteiger partial charge in [0.1, 0.15) is 0 Å². The summed E-state index contributed by atoms with van der Waals surface area (Å²) in [6.07, 6.45) is 14.2. The minimum absolute atomic E-state index is 0.737. The second kappa shape index (κ2) is 9.15. The summed E-state index contributed by atoms with van der Waals surface area (Å²) in [5, 5.41) is 3.63. The van der Waals surface area contributed by atoms with Crippen LogP contribution in [-0.2, 0) is 0 Å². The molecule has 124 valence electrons. The Kier molecular flexibility index (Phi) is 7.53. The summed E-state index contributed by atoms with van der Waals surface area (Å²) in [7, 11) is 2.18. The van der Waals surface area contributed by atoms with Gasteiger partial charge in [-0.2, -0.15) is 0 Å². The van der Waals surface area contributed by atoms with Crippen molar-refractivity contribution in [3.05, 3.63) is 0 Å². The van der Waals surface area contributed by atoms with Crippen LogP contribution in [0.1, 0.15) is 78.1 Å². The summed E-state index contributed by atoms with van der Waals surface area (Å²) < 4.78 is 0. The molecule has 0 amide bonds. The Morgan fingerprint density at radius 1 is 0.905 bits per heavy atom. The zero-order valence-electron chi connectivity index (χ0n) is 14.7. The van der Waals surface area contributed by atoms with E-state index in [9.17, 15) is 0 Å². The number of nitrogens with zero attached hydrogens (tertiary/aromatic N) is 1. The topological polar surface area (TPSA) is 15.3 Å². The fraction of sp³-hybridized carbons (Fsp3) is 1.00. The first-order valence-electron chi connectivity index (χ1n) is 9.69. The number of nitrogens with one attached hydrogen (secondary N) is 1. The lowest BCUT2D eigenvalue weighted by Gasteiger charge is -2.42. The maximum Gasteiger partial charge on any atom is 0.0251 e. The number of likely N-dealkylation sites (N-methyl/N-ethyl adjacent to an activating group) is 1. The molecule has 0 aromatic carbocycles. The predicted molar refractivity (Wildman–Crippen MR) is 92.7 cm³/mol. The van der Waals surface area contributed by atoms with Crippen LogP contribution in [0.15, 0.2) is 0 Å². The van der Waals surface area contributed by atoms with E-state index >= 15 is 0 Å².